The van der Waals surface area contributed by atoms with Gasteiger partial charge in [0.1, 0.15) is 0 Å². The summed E-state index contributed by atoms with van der Waals surface area (Å²) in [5.41, 5.74) is 0.543. The number of hydrogen-bond acceptors (Lipinski definition) is 2. The molecule has 1 heterocycles. The minimum Gasteiger partial charge on any atom is -0.481 e. The second kappa shape index (κ2) is 3.34. The summed E-state index contributed by atoms with van der Waals surface area (Å²) in [6.45, 7) is 0. The van der Waals surface area contributed by atoms with Crippen LogP contribution >= 0.6 is 11.6 Å². The molecule has 0 bridgehead atoms. The maximum Gasteiger partial charge on any atom is 0.307 e. The molecule has 3 nitrogen and oxygen atoms in total. The molecule has 1 rings (SSSR count). The van der Waals surface area contributed by atoms with Gasteiger partial charge in [0.2, 0.25) is 0 Å². The van der Waals surface area contributed by atoms with E-state index >= 15 is 0 Å². The first-order valence-electron chi connectivity index (χ1n) is 3.00. The Balaban J connectivity index is 2.86. The Kier molecular flexibility index (Phi) is 2.44. The van der Waals surface area contributed by atoms with E-state index in [1.54, 1.807) is 6.07 Å². The average Bonchev–Trinajstić information content (AvgIpc) is 1.93. The highest BCUT2D eigenvalue weighted by atomic mass is 35.5. The van der Waals surface area contributed by atoms with Crippen LogP contribution in [0.4, 0.5) is 0 Å². The molecule has 0 saturated heterocycles. The van der Waals surface area contributed by atoms with E-state index in [0.29, 0.717) is 10.6 Å². The van der Waals surface area contributed by atoms with Gasteiger partial charge in [-0.2, -0.15) is 0 Å². The third-order valence-electron chi connectivity index (χ3n) is 1.19. The summed E-state index contributed by atoms with van der Waals surface area (Å²) in [6, 6.07) is 1.57. The van der Waals surface area contributed by atoms with Crippen LogP contribution in [0.2, 0.25) is 5.02 Å². The van der Waals surface area contributed by atoms with E-state index in [1.807, 2.05) is 0 Å². The van der Waals surface area contributed by atoms with Gasteiger partial charge in [-0.25, -0.2) is 0 Å². The van der Waals surface area contributed by atoms with Crippen molar-refractivity contribution in [2.24, 2.45) is 0 Å². The van der Waals surface area contributed by atoms with Gasteiger partial charge in [-0.05, 0) is 6.07 Å². The zero-order valence-electron chi connectivity index (χ0n) is 5.62. The number of aliphatic carboxylic acids is 1. The molecule has 0 fully saturated rings. The SMILES string of the molecule is O=C(O)Cc1cnccc1Cl. The number of carbonyl (C=O) groups is 1. The largest absolute Gasteiger partial charge is 0.481 e. The molecule has 0 aliphatic rings. The molecule has 11 heavy (non-hydrogen) atoms. The lowest BCUT2D eigenvalue weighted by Crippen LogP contribution is -2.00. The van der Waals surface area contributed by atoms with Crippen LogP contribution in [0.3, 0.4) is 0 Å². The molecule has 1 N–H and O–H groups in total. The van der Waals surface area contributed by atoms with Gasteiger partial charge in [-0.1, -0.05) is 11.6 Å². The first-order valence-corrected chi connectivity index (χ1v) is 3.38. The summed E-state index contributed by atoms with van der Waals surface area (Å²) in [5, 5.41) is 8.85. The van der Waals surface area contributed by atoms with E-state index in [9.17, 15) is 4.79 Å². The molecule has 0 amide bonds. The van der Waals surface area contributed by atoms with Crippen LogP contribution in [0.1, 0.15) is 5.56 Å². The highest BCUT2D eigenvalue weighted by Gasteiger charge is 2.03. The number of halogens is 1. The van der Waals surface area contributed by atoms with Crippen LogP contribution in [-0.4, -0.2) is 16.1 Å². The van der Waals surface area contributed by atoms with Crippen LogP contribution in [0.15, 0.2) is 18.5 Å². The Morgan fingerprint density at radius 2 is 2.45 bits per heavy atom. The lowest BCUT2D eigenvalue weighted by Gasteiger charge is -1.97. The normalized spacial score (nSPS) is 9.55. The molecular formula is C7H6ClNO2. The van der Waals surface area contributed by atoms with E-state index in [-0.39, 0.29) is 6.42 Å². The van der Waals surface area contributed by atoms with E-state index < -0.39 is 5.97 Å². The lowest BCUT2D eigenvalue weighted by atomic mass is 10.2. The van der Waals surface area contributed by atoms with Crippen LogP contribution in [-0.2, 0) is 11.2 Å². The van der Waals surface area contributed by atoms with Crippen molar-refractivity contribution in [1.82, 2.24) is 4.98 Å². The van der Waals surface area contributed by atoms with Crippen molar-refractivity contribution >= 4 is 17.6 Å². The maximum atomic E-state index is 10.2. The van der Waals surface area contributed by atoms with Crippen molar-refractivity contribution < 1.29 is 9.90 Å². The van der Waals surface area contributed by atoms with Gasteiger partial charge in [-0.3, -0.25) is 9.78 Å². The van der Waals surface area contributed by atoms with Crippen LogP contribution in [0, 0.1) is 0 Å². The predicted molar refractivity (Wildman–Crippen MR) is 40.6 cm³/mol. The molecule has 1 aromatic rings. The molecule has 0 unspecified atom stereocenters. The number of nitrogens with zero attached hydrogens (tertiary/aromatic N) is 1. The fraction of sp³-hybridized carbons (Fsp3) is 0.143. The summed E-state index contributed by atoms with van der Waals surface area (Å²) in [5.74, 6) is -0.903. The van der Waals surface area contributed by atoms with Gasteiger partial charge in [0, 0.05) is 23.0 Å². The fourth-order valence-electron chi connectivity index (χ4n) is 0.703. The van der Waals surface area contributed by atoms with Gasteiger partial charge < -0.3 is 5.11 Å². The Bertz CT molecular complexity index is 275. The molecule has 4 heteroatoms. The van der Waals surface area contributed by atoms with Gasteiger partial charge in [0.25, 0.3) is 0 Å². The first-order chi connectivity index (χ1) is 5.20. The van der Waals surface area contributed by atoms with E-state index in [2.05, 4.69) is 4.98 Å². The van der Waals surface area contributed by atoms with Gasteiger partial charge in [0.15, 0.2) is 0 Å². The highest BCUT2D eigenvalue weighted by Crippen LogP contribution is 2.13. The summed E-state index contributed by atoms with van der Waals surface area (Å²) in [7, 11) is 0. The highest BCUT2D eigenvalue weighted by molar-refractivity contribution is 6.31. The molecule has 0 aliphatic heterocycles. The second-order valence-electron chi connectivity index (χ2n) is 2.04. The molecule has 0 radical (unpaired) electrons. The Morgan fingerprint density at radius 3 is 3.00 bits per heavy atom. The van der Waals surface area contributed by atoms with Crippen molar-refractivity contribution in [3.63, 3.8) is 0 Å². The topological polar surface area (TPSA) is 50.2 Å². The third-order valence-corrected chi connectivity index (χ3v) is 1.55. The summed E-state index contributed by atoms with van der Waals surface area (Å²) in [6.07, 6.45) is 2.90. The minimum absolute atomic E-state index is 0.0767. The molecule has 0 atom stereocenters. The number of aromatic nitrogens is 1. The number of hydrogen-bond donors (Lipinski definition) is 1. The Labute approximate surface area is 68.6 Å². The average molecular weight is 172 g/mol. The third kappa shape index (κ3) is 2.20. The van der Waals surface area contributed by atoms with Crippen LogP contribution in [0.25, 0.3) is 0 Å². The molecule has 0 aromatic carbocycles. The smallest absolute Gasteiger partial charge is 0.307 e. The first kappa shape index (κ1) is 8.01. The van der Waals surface area contributed by atoms with E-state index in [0.717, 1.165) is 0 Å². The maximum absolute atomic E-state index is 10.2. The van der Waals surface area contributed by atoms with Crippen molar-refractivity contribution in [2.45, 2.75) is 6.42 Å². The fourth-order valence-corrected chi connectivity index (χ4v) is 0.875. The number of carboxylic acid groups (broad SMARTS) is 1. The summed E-state index contributed by atoms with van der Waals surface area (Å²) < 4.78 is 0. The predicted octanol–water partition coefficient (Wildman–Crippen LogP) is 1.36. The molecule has 0 spiro atoms. The van der Waals surface area contributed by atoms with Crippen molar-refractivity contribution in [3.8, 4) is 0 Å². The molecule has 1 aromatic heterocycles. The Hall–Kier alpha value is -1.09. The summed E-state index contributed by atoms with van der Waals surface area (Å²) in [4.78, 5) is 14.0. The van der Waals surface area contributed by atoms with Gasteiger partial charge in [0.05, 0.1) is 6.42 Å². The molecule has 58 valence electrons. The van der Waals surface area contributed by atoms with Crippen LogP contribution in [0.5, 0.6) is 0 Å². The minimum atomic E-state index is -0.903. The quantitative estimate of drug-likeness (QED) is 0.731. The molecule has 0 aliphatic carbocycles. The zero-order chi connectivity index (χ0) is 8.27. The van der Waals surface area contributed by atoms with E-state index in [1.165, 1.54) is 12.4 Å². The van der Waals surface area contributed by atoms with Gasteiger partial charge >= 0.3 is 5.97 Å². The number of carboxylic acids is 1. The second-order valence-corrected chi connectivity index (χ2v) is 2.44. The van der Waals surface area contributed by atoms with E-state index in [4.69, 9.17) is 16.7 Å². The van der Waals surface area contributed by atoms with Crippen molar-refractivity contribution in [3.05, 3.63) is 29.0 Å². The zero-order valence-corrected chi connectivity index (χ0v) is 6.38. The van der Waals surface area contributed by atoms with Gasteiger partial charge in [-0.15, -0.1) is 0 Å². The van der Waals surface area contributed by atoms with Crippen molar-refractivity contribution in [2.75, 3.05) is 0 Å². The Morgan fingerprint density at radius 1 is 1.73 bits per heavy atom. The summed E-state index contributed by atoms with van der Waals surface area (Å²) >= 11 is 5.66. The van der Waals surface area contributed by atoms with Crippen LogP contribution < -0.4 is 0 Å². The molecule has 0 saturated carbocycles. The standard InChI is InChI=1S/C7H6ClNO2/c8-6-1-2-9-4-5(6)3-7(10)11/h1-2,4H,3H2,(H,10,11). The monoisotopic (exact) mass is 171 g/mol. The lowest BCUT2D eigenvalue weighted by molar-refractivity contribution is -0.136. The van der Waals surface area contributed by atoms with Crippen molar-refractivity contribution in [1.29, 1.82) is 0 Å². The molecular weight excluding hydrogens is 166 g/mol. The number of pyridine rings is 1. The number of rotatable bonds is 2.